The number of sulfonamides is 1. The van der Waals surface area contributed by atoms with E-state index in [0.717, 1.165) is 12.8 Å². The zero-order valence-electron chi connectivity index (χ0n) is 17.8. The quantitative estimate of drug-likeness (QED) is 0.131. The first kappa shape index (κ1) is 25.1. The molecule has 0 fully saturated rings. The molecule has 2 rings (SSSR count). The van der Waals surface area contributed by atoms with Crippen molar-refractivity contribution in [3.05, 3.63) is 11.8 Å². The average molecular weight is 473 g/mol. The Morgan fingerprint density at radius 1 is 1.41 bits per heavy atom. The second kappa shape index (κ2) is 10.9. The maximum Gasteiger partial charge on any atom is 0.323 e. The summed E-state index contributed by atoms with van der Waals surface area (Å²) in [6.45, 7) is 1.55. The van der Waals surface area contributed by atoms with Crippen LogP contribution in [0.2, 0.25) is 0 Å². The normalized spacial score (nSPS) is 16.7. The van der Waals surface area contributed by atoms with E-state index in [9.17, 15) is 23.1 Å². The van der Waals surface area contributed by atoms with E-state index in [1.807, 2.05) is 4.72 Å². The fraction of sp³-hybridized carbons (Fsp3) is 0.588. The number of carboxylic acids is 1. The summed E-state index contributed by atoms with van der Waals surface area (Å²) in [5.41, 5.74) is 11.0. The van der Waals surface area contributed by atoms with Gasteiger partial charge in [-0.05, 0) is 26.2 Å². The monoisotopic (exact) mass is 472 g/mol. The van der Waals surface area contributed by atoms with Gasteiger partial charge in [-0.1, -0.05) is 5.16 Å². The third-order valence-corrected chi connectivity index (χ3v) is 6.01. The van der Waals surface area contributed by atoms with Crippen LogP contribution in [0, 0.1) is 6.92 Å². The van der Waals surface area contributed by atoms with Crippen molar-refractivity contribution >= 4 is 33.6 Å². The zero-order chi connectivity index (χ0) is 23.9. The molecule has 1 aromatic rings. The molecule has 0 spiro atoms. The SMILES string of the molecule is Cc1cn(C)nc1S(=O)(=O)N[C@@H](CNC(=O)C1=NOC(CCCCN=C(N)N)C1)C(=O)O. The first-order valence-corrected chi connectivity index (χ1v) is 11.3. The summed E-state index contributed by atoms with van der Waals surface area (Å²) in [6, 6.07) is -1.60. The lowest BCUT2D eigenvalue weighted by atomic mass is 10.1. The first-order valence-electron chi connectivity index (χ1n) is 9.81. The molecule has 7 N–H and O–H groups in total. The van der Waals surface area contributed by atoms with Crippen LogP contribution < -0.4 is 21.5 Å². The topological polar surface area (TPSA) is 216 Å². The van der Waals surface area contributed by atoms with Gasteiger partial charge >= 0.3 is 5.97 Å². The average Bonchev–Trinajstić information content (AvgIpc) is 3.30. The van der Waals surface area contributed by atoms with Crippen LogP contribution in [-0.2, 0) is 31.5 Å². The fourth-order valence-electron chi connectivity index (χ4n) is 2.98. The van der Waals surface area contributed by atoms with Crippen molar-refractivity contribution in [3.63, 3.8) is 0 Å². The third-order valence-electron chi connectivity index (χ3n) is 4.51. The number of oxime groups is 1. The molecule has 1 aliphatic rings. The molecule has 1 aliphatic heterocycles. The van der Waals surface area contributed by atoms with Crippen LogP contribution in [0.3, 0.4) is 0 Å². The van der Waals surface area contributed by atoms with Crippen molar-refractivity contribution in [2.75, 3.05) is 13.1 Å². The largest absolute Gasteiger partial charge is 0.480 e. The summed E-state index contributed by atoms with van der Waals surface area (Å²) in [6.07, 6.45) is 3.61. The molecule has 2 atom stereocenters. The number of hydrogen-bond donors (Lipinski definition) is 5. The second-order valence-corrected chi connectivity index (χ2v) is 8.91. The number of nitrogens with one attached hydrogen (secondary N) is 2. The van der Waals surface area contributed by atoms with Crippen LogP contribution in [0.4, 0.5) is 0 Å². The number of aliphatic imine (C=N–C) groups is 1. The van der Waals surface area contributed by atoms with Gasteiger partial charge in [-0.3, -0.25) is 19.3 Å². The van der Waals surface area contributed by atoms with Crippen molar-refractivity contribution < 1.29 is 28.0 Å². The number of aryl methyl sites for hydroxylation is 2. The van der Waals surface area contributed by atoms with Crippen LogP contribution in [0.15, 0.2) is 21.4 Å². The molecule has 1 unspecified atom stereocenters. The Labute approximate surface area is 185 Å². The molecule has 1 aromatic heterocycles. The van der Waals surface area contributed by atoms with Crippen LogP contribution >= 0.6 is 0 Å². The van der Waals surface area contributed by atoms with Crippen LogP contribution in [0.25, 0.3) is 0 Å². The Hall–Kier alpha value is -3.20. The lowest BCUT2D eigenvalue weighted by molar-refractivity contribution is -0.138. The van der Waals surface area contributed by atoms with Gasteiger partial charge in [0.15, 0.2) is 11.0 Å². The van der Waals surface area contributed by atoms with Crippen LogP contribution in [-0.4, -0.2) is 72.1 Å². The minimum atomic E-state index is -4.20. The van der Waals surface area contributed by atoms with Gasteiger partial charge in [0.1, 0.15) is 17.9 Å². The van der Waals surface area contributed by atoms with E-state index in [1.54, 1.807) is 7.05 Å². The smallest absolute Gasteiger partial charge is 0.323 e. The molecule has 0 saturated heterocycles. The molecule has 0 saturated carbocycles. The summed E-state index contributed by atoms with van der Waals surface area (Å²) in [7, 11) is -2.66. The molecule has 32 heavy (non-hydrogen) atoms. The van der Waals surface area contributed by atoms with Gasteiger partial charge in [0.05, 0.1) is 0 Å². The van der Waals surface area contributed by atoms with Gasteiger partial charge in [0, 0.05) is 38.3 Å². The van der Waals surface area contributed by atoms with Gasteiger partial charge in [-0.25, -0.2) is 8.42 Å². The molecule has 14 nitrogen and oxygen atoms in total. The molecule has 1 amide bonds. The predicted molar refractivity (Wildman–Crippen MR) is 114 cm³/mol. The number of amides is 1. The number of aromatic nitrogens is 2. The van der Waals surface area contributed by atoms with Gasteiger partial charge in [0.2, 0.25) is 0 Å². The zero-order valence-corrected chi connectivity index (χ0v) is 18.6. The van der Waals surface area contributed by atoms with Gasteiger partial charge in [-0.2, -0.15) is 9.82 Å². The second-order valence-electron chi connectivity index (χ2n) is 7.28. The summed E-state index contributed by atoms with van der Waals surface area (Å²) < 4.78 is 28.3. The van der Waals surface area contributed by atoms with Crippen molar-refractivity contribution in [2.45, 2.75) is 49.8 Å². The van der Waals surface area contributed by atoms with E-state index in [1.165, 1.54) is 17.8 Å². The van der Waals surface area contributed by atoms with Gasteiger partial charge in [0.25, 0.3) is 15.9 Å². The van der Waals surface area contributed by atoms with E-state index in [4.69, 9.17) is 16.3 Å². The summed E-state index contributed by atoms with van der Waals surface area (Å²) in [4.78, 5) is 32.9. The number of nitrogens with zero attached hydrogens (tertiary/aromatic N) is 4. The van der Waals surface area contributed by atoms with Crippen molar-refractivity contribution in [1.82, 2.24) is 19.8 Å². The Bertz CT molecular complexity index is 999. The highest BCUT2D eigenvalue weighted by molar-refractivity contribution is 7.89. The highest BCUT2D eigenvalue weighted by Gasteiger charge is 2.30. The summed E-state index contributed by atoms with van der Waals surface area (Å²) in [5, 5.41) is 19.0. The summed E-state index contributed by atoms with van der Waals surface area (Å²) in [5.74, 6) is -2.06. The van der Waals surface area contributed by atoms with E-state index < -0.39 is 34.5 Å². The minimum Gasteiger partial charge on any atom is -0.480 e. The predicted octanol–water partition coefficient (Wildman–Crippen LogP) is -1.84. The number of guanidine groups is 1. The van der Waals surface area contributed by atoms with E-state index in [2.05, 4.69) is 20.6 Å². The molecular weight excluding hydrogens is 444 g/mol. The number of carbonyl (C=O) groups excluding carboxylic acids is 1. The lowest BCUT2D eigenvalue weighted by Gasteiger charge is -2.15. The lowest BCUT2D eigenvalue weighted by Crippen LogP contribution is -2.49. The number of carboxylic acid groups (broad SMARTS) is 1. The Morgan fingerprint density at radius 2 is 2.12 bits per heavy atom. The number of carbonyl (C=O) groups is 2. The minimum absolute atomic E-state index is 0.0292. The highest BCUT2D eigenvalue weighted by Crippen LogP contribution is 2.17. The van der Waals surface area contributed by atoms with E-state index in [-0.39, 0.29) is 29.2 Å². The number of unbranched alkanes of at least 4 members (excludes halogenated alkanes) is 1. The molecule has 2 heterocycles. The molecule has 0 aliphatic carbocycles. The maximum atomic E-state index is 12.5. The van der Waals surface area contributed by atoms with E-state index in [0.29, 0.717) is 18.5 Å². The molecule has 178 valence electrons. The van der Waals surface area contributed by atoms with Gasteiger partial charge < -0.3 is 26.7 Å². The highest BCUT2D eigenvalue weighted by atomic mass is 32.2. The van der Waals surface area contributed by atoms with Crippen molar-refractivity contribution in [3.8, 4) is 0 Å². The van der Waals surface area contributed by atoms with Crippen LogP contribution in [0.5, 0.6) is 0 Å². The van der Waals surface area contributed by atoms with Gasteiger partial charge in [-0.15, -0.1) is 0 Å². The third kappa shape index (κ3) is 7.19. The molecule has 0 aromatic carbocycles. The Balaban J connectivity index is 1.84. The molecule has 0 bridgehead atoms. The maximum absolute atomic E-state index is 12.5. The number of hydrogen-bond acceptors (Lipinski definition) is 8. The molecular formula is C17H28N8O6S. The molecule has 15 heteroatoms. The number of rotatable bonds is 12. The summed E-state index contributed by atoms with van der Waals surface area (Å²) >= 11 is 0. The van der Waals surface area contributed by atoms with Crippen LogP contribution in [0.1, 0.15) is 31.2 Å². The number of nitrogens with two attached hydrogens (primary N) is 2. The fourth-order valence-corrected chi connectivity index (χ4v) is 4.36. The van der Waals surface area contributed by atoms with Crippen molar-refractivity contribution in [1.29, 1.82) is 0 Å². The van der Waals surface area contributed by atoms with E-state index >= 15 is 0 Å². The Morgan fingerprint density at radius 3 is 2.72 bits per heavy atom. The Kier molecular flexibility index (Phi) is 8.54. The number of aliphatic carboxylic acids is 1. The first-order chi connectivity index (χ1) is 15.0. The van der Waals surface area contributed by atoms with Crippen molar-refractivity contribution in [2.24, 2.45) is 28.7 Å². The standard InChI is InChI=1S/C17H28N8O6S/c1-10-9-25(2)22-15(10)32(29,30)24-13(16(27)28)8-21-14(26)12-7-11(31-23-12)5-3-4-6-20-17(18)19/h9,11,13,24H,3-8H2,1-2H3,(H,21,26)(H,27,28)(H4,18,19,20)/t11?,13-/m0/s1. The molecule has 0 radical (unpaired) electrons.